The third-order valence-electron chi connectivity index (χ3n) is 5.25. The van der Waals surface area contributed by atoms with Crippen molar-refractivity contribution in [1.29, 1.82) is 0 Å². The molecular weight excluding hydrogens is 428 g/mol. The van der Waals surface area contributed by atoms with Crippen LogP contribution in [0, 0.1) is 0 Å². The Morgan fingerprint density at radius 2 is 1.88 bits per heavy atom. The molecule has 0 bridgehead atoms. The Morgan fingerprint density at radius 3 is 2.66 bits per heavy atom. The molecule has 10 nitrogen and oxygen atoms in total. The molecule has 0 aliphatic carbocycles. The van der Waals surface area contributed by atoms with Crippen LogP contribution >= 0.6 is 0 Å². The first-order chi connectivity index (χ1) is 15.5. The molecule has 0 amide bonds. The molecule has 0 aliphatic heterocycles. The third kappa shape index (κ3) is 3.40. The maximum atomic E-state index is 13.6. The Morgan fingerprint density at radius 1 is 1.00 bits per heavy atom. The van der Waals surface area contributed by atoms with Crippen molar-refractivity contribution in [2.24, 2.45) is 7.05 Å². The lowest BCUT2D eigenvalue weighted by Crippen LogP contribution is -2.16. The zero-order valence-corrected chi connectivity index (χ0v) is 18.5. The summed E-state index contributed by atoms with van der Waals surface area (Å²) in [4.78, 5) is 8.65. The van der Waals surface area contributed by atoms with Gasteiger partial charge >= 0.3 is 10.0 Å². The lowest BCUT2D eigenvalue weighted by Gasteiger charge is -2.09. The average Bonchev–Trinajstić information content (AvgIpc) is 3.51. The van der Waals surface area contributed by atoms with Crippen LogP contribution in [0.1, 0.15) is 19.8 Å². The molecule has 0 unspecified atom stereocenters. The highest BCUT2D eigenvalue weighted by molar-refractivity contribution is 7.90. The number of unbranched alkanes of at least 4 members (excludes halogenated alkanes) is 1. The second kappa shape index (κ2) is 7.75. The first-order valence-electron chi connectivity index (χ1n) is 10.3. The zero-order valence-electron chi connectivity index (χ0n) is 17.7. The molecule has 0 aliphatic rings. The van der Waals surface area contributed by atoms with Gasteiger partial charge in [0.1, 0.15) is 16.7 Å². The van der Waals surface area contributed by atoms with Gasteiger partial charge in [0.25, 0.3) is 0 Å². The number of hydrogen-bond acceptors (Lipinski definition) is 7. The van der Waals surface area contributed by atoms with Crippen LogP contribution in [-0.4, -0.2) is 48.3 Å². The Kier molecular flexibility index (Phi) is 4.89. The quantitative estimate of drug-likeness (QED) is 0.379. The molecule has 0 fully saturated rings. The van der Waals surface area contributed by atoms with E-state index in [1.807, 2.05) is 19.3 Å². The highest BCUT2D eigenvalue weighted by Crippen LogP contribution is 2.25. The van der Waals surface area contributed by atoms with Crippen LogP contribution in [0.5, 0.6) is 0 Å². The molecule has 0 spiro atoms. The van der Waals surface area contributed by atoms with Crippen molar-refractivity contribution in [3.63, 3.8) is 0 Å². The van der Waals surface area contributed by atoms with Crippen LogP contribution in [0.15, 0.2) is 60.4 Å². The summed E-state index contributed by atoms with van der Waals surface area (Å²) >= 11 is 0. The number of nitrogens with one attached hydrogen (secondary N) is 1. The van der Waals surface area contributed by atoms with E-state index in [0.29, 0.717) is 16.7 Å². The van der Waals surface area contributed by atoms with Crippen molar-refractivity contribution >= 4 is 32.4 Å². The lowest BCUT2D eigenvalue weighted by molar-refractivity contribution is 0.577. The summed E-state index contributed by atoms with van der Waals surface area (Å²) in [6, 6.07) is 5.43. The number of imidazole rings is 1. The summed E-state index contributed by atoms with van der Waals surface area (Å²) < 4.78 is 31.4. The minimum absolute atomic E-state index is 0.0309. The minimum atomic E-state index is -4.02. The standard InChI is InChI=1S/C21H22N8O2S/c1-3-4-7-22-17-5-6-20-24-12-21(28(20)14-17)32(30,31)29-19-8-15(9-23-18(19)11-26-29)16-10-25-27(2)13-16/h5-6,8-14,22H,3-4,7H2,1-2H3. The van der Waals surface area contributed by atoms with Gasteiger partial charge in [0.15, 0.2) is 5.03 Å². The summed E-state index contributed by atoms with van der Waals surface area (Å²) in [5.41, 5.74) is 3.82. The molecule has 1 N–H and O–H groups in total. The molecule has 0 atom stereocenters. The van der Waals surface area contributed by atoms with Gasteiger partial charge in [-0.3, -0.25) is 14.1 Å². The van der Waals surface area contributed by atoms with Crippen LogP contribution in [0.2, 0.25) is 0 Å². The van der Waals surface area contributed by atoms with Crippen LogP contribution in [0.4, 0.5) is 5.69 Å². The van der Waals surface area contributed by atoms with E-state index >= 15 is 0 Å². The van der Waals surface area contributed by atoms with Gasteiger partial charge in [0.05, 0.1) is 24.3 Å². The van der Waals surface area contributed by atoms with Crippen molar-refractivity contribution < 1.29 is 8.42 Å². The number of aryl methyl sites for hydroxylation is 1. The number of anilines is 1. The van der Waals surface area contributed by atoms with Gasteiger partial charge in [-0.1, -0.05) is 13.3 Å². The Hall–Kier alpha value is -3.73. The predicted molar refractivity (Wildman–Crippen MR) is 121 cm³/mol. The van der Waals surface area contributed by atoms with Crippen LogP contribution < -0.4 is 5.32 Å². The summed E-state index contributed by atoms with van der Waals surface area (Å²) in [5, 5.41) is 11.7. The smallest absolute Gasteiger partial charge is 0.301 e. The van der Waals surface area contributed by atoms with Crippen molar-refractivity contribution in [3.05, 3.63) is 55.4 Å². The van der Waals surface area contributed by atoms with Crippen LogP contribution in [-0.2, 0) is 17.1 Å². The van der Waals surface area contributed by atoms with Crippen molar-refractivity contribution in [2.45, 2.75) is 24.8 Å². The molecule has 0 saturated heterocycles. The molecule has 5 heterocycles. The molecule has 164 valence electrons. The van der Waals surface area contributed by atoms with Crippen molar-refractivity contribution in [1.82, 2.24) is 33.3 Å². The predicted octanol–water partition coefficient (Wildman–Crippen LogP) is 2.93. The van der Waals surface area contributed by atoms with E-state index in [1.54, 1.807) is 39.8 Å². The fraction of sp³-hybridized carbons (Fsp3) is 0.238. The summed E-state index contributed by atoms with van der Waals surface area (Å²) in [7, 11) is -2.20. The van der Waals surface area contributed by atoms with Crippen molar-refractivity contribution in [2.75, 3.05) is 11.9 Å². The highest BCUT2D eigenvalue weighted by atomic mass is 32.2. The van der Waals surface area contributed by atoms with E-state index in [0.717, 1.165) is 40.3 Å². The monoisotopic (exact) mass is 450 g/mol. The normalized spacial score (nSPS) is 12.1. The lowest BCUT2D eigenvalue weighted by atomic mass is 10.1. The van der Waals surface area contributed by atoms with Gasteiger partial charge in [-0.25, -0.2) is 4.98 Å². The van der Waals surface area contributed by atoms with Crippen LogP contribution in [0.25, 0.3) is 27.8 Å². The van der Waals surface area contributed by atoms with E-state index in [4.69, 9.17) is 0 Å². The first kappa shape index (κ1) is 20.2. The van der Waals surface area contributed by atoms with Gasteiger partial charge in [0, 0.05) is 43.3 Å². The average molecular weight is 451 g/mol. The number of fused-ring (bicyclic) bond motifs is 2. The fourth-order valence-corrected chi connectivity index (χ4v) is 4.89. The molecular formula is C21H22N8O2S. The van der Waals surface area contributed by atoms with E-state index in [2.05, 4.69) is 32.4 Å². The largest absolute Gasteiger partial charge is 0.384 e. The van der Waals surface area contributed by atoms with Gasteiger partial charge in [-0.05, 0) is 24.6 Å². The highest BCUT2D eigenvalue weighted by Gasteiger charge is 2.25. The minimum Gasteiger partial charge on any atom is -0.384 e. The molecule has 5 rings (SSSR count). The Balaban J connectivity index is 1.60. The van der Waals surface area contributed by atoms with Gasteiger partial charge in [-0.15, -0.1) is 0 Å². The molecule has 5 aromatic heterocycles. The number of rotatable bonds is 7. The summed E-state index contributed by atoms with van der Waals surface area (Å²) in [6.07, 6.45) is 11.9. The van der Waals surface area contributed by atoms with Gasteiger partial charge in [-0.2, -0.15) is 22.7 Å². The maximum Gasteiger partial charge on any atom is 0.301 e. The number of hydrogen-bond donors (Lipinski definition) is 1. The SMILES string of the molecule is CCCCNc1ccc2ncc(S(=O)(=O)n3ncc4ncc(-c5cnn(C)c5)cc43)n2c1. The second-order valence-corrected chi connectivity index (χ2v) is 9.26. The molecule has 11 heteroatoms. The zero-order chi connectivity index (χ0) is 22.3. The molecule has 5 aromatic rings. The summed E-state index contributed by atoms with van der Waals surface area (Å²) in [6.45, 7) is 2.93. The molecule has 0 radical (unpaired) electrons. The van der Waals surface area contributed by atoms with Gasteiger partial charge < -0.3 is 5.32 Å². The number of aromatic nitrogens is 7. The first-order valence-corrected chi connectivity index (χ1v) is 11.7. The second-order valence-electron chi connectivity index (χ2n) is 7.55. The van der Waals surface area contributed by atoms with E-state index in [1.165, 1.54) is 12.4 Å². The number of pyridine rings is 2. The maximum absolute atomic E-state index is 13.6. The Bertz CT molecular complexity index is 1530. The van der Waals surface area contributed by atoms with Gasteiger partial charge in [0.2, 0.25) is 0 Å². The topological polar surface area (TPSA) is 112 Å². The van der Waals surface area contributed by atoms with Crippen molar-refractivity contribution in [3.8, 4) is 11.1 Å². The van der Waals surface area contributed by atoms with E-state index in [-0.39, 0.29) is 5.03 Å². The van der Waals surface area contributed by atoms with E-state index < -0.39 is 10.0 Å². The molecule has 32 heavy (non-hydrogen) atoms. The Labute approximate surface area is 184 Å². The molecule has 0 aromatic carbocycles. The van der Waals surface area contributed by atoms with Crippen LogP contribution in [0.3, 0.4) is 0 Å². The van der Waals surface area contributed by atoms with E-state index in [9.17, 15) is 8.42 Å². The third-order valence-corrected chi connectivity index (χ3v) is 6.83. The molecule has 0 saturated carbocycles. The fourth-order valence-electron chi connectivity index (χ4n) is 3.56. The summed E-state index contributed by atoms with van der Waals surface area (Å²) in [5.74, 6) is 0. The number of nitrogens with zero attached hydrogens (tertiary/aromatic N) is 7.